The lowest BCUT2D eigenvalue weighted by Crippen LogP contribution is -2.26. The van der Waals surface area contributed by atoms with E-state index in [2.05, 4.69) is 5.32 Å². The number of halogens is 4. The molecule has 1 unspecified atom stereocenters. The van der Waals surface area contributed by atoms with Crippen molar-refractivity contribution < 1.29 is 22.7 Å². The lowest BCUT2D eigenvalue weighted by atomic mass is 9.91. The zero-order chi connectivity index (χ0) is 14.0. The highest BCUT2D eigenvalue weighted by molar-refractivity contribution is 5.29. The van der Waals surface area contributed by atoms with Crippen molar-refractivity contribution in [3.63, 3.8) is 0 Å². The summed E-state index contributed by atoms with van der Waals surface area (Å²) in [5.74, 6) is -1.37. The summed E-state index contributed by atoms with van der Waals surface area (Å²) in [6, 6.07) is 2.48. The second-order valence-corrected chi connectivity index (χ2v) is 4.32. The summed E-state index contributed by atoms with van der Waals surface area (Å²) in [6.45, 7) is 1.90. The molecule has 0 spiro atoms. The molecule has 0 fully saturated rings. The molecule has 18 heavy (non-hydrogen) atoms. The predicted molar refractivity (Wildman–Crippen MR) is 59.5 cm³/mol. The summed E-state index contributed by atoms with van der Waals surface area (Å²) in [7, 11) is 1.68. The van der Waals surface area contributed by atoms with Crippen LogP contribution < -0.4 is 5.32 Å². The van der Waals surface area contributed by atoms with Crippen LogP contribution in [0.25, 0.3) is 0 Å². The molecule has 0 aliphatic carbocycles. The molecule has 2 N–H and O–H groups in total. The number of nitrogens with one attached hydrogen (secondary N) is 1. The molecule has 1 aromatic carbocycles. The molecule has 0 bridgehead atoms. The van der Waals surface area contributed by atoms with Crippen molar-refractivity contribution in [1.82, 2.24) is 5.32 Å². The highest BCUT2D eigenvalue weighted by Crippen LogP contribution is 2.34. The molecular formula is C12H15F4NO. The fourth-order valence-electron chi connectivity index (χ4n) is 1.59. The van der Waals surface area contributed by atoms with Crippen molar-refractivity contribution in [1.29, 1.82) is 0 Å². The highest BCUT2D eigenvalue weighted by atomic mass is 19.4. The SMILES string of the molecule is CNCCC(C)(O)c1ccc(C(F)(F)F)c(F)c1. The first-order valence-electron chi connectivity index (χ1n) is 5.42. The average Bonchev–Trinajstić information content (AvgIpc) is 2.24. The Labute approximate surface area is 103 Å². The Morgan fingerprint density at radius 1 is 1.28 bits per heavy atom. The van der Waals surface area contributed by atoms with Crippen LogP contribution in [0.15, 0.2) is 18.2 Å². The summed E-state index contributed by atoms with van der Waals surface area (Å²) >= 11 is 0. The molecule has 2 nitrogen and oxygen atoms in total. The van der Waals surface area contributed by atoms with Gasteiger partial charge < -0.3 is 10.4 Å². The van der Waals surface area contributed by atoms with E-state index in [0.717, 1.165) is 12.1 Å². The first-order valence-corrected chi connectivity index (χ1v) is 5.42. The van der Waals surface area contributed by atoms with Crippen molar-refractivity contribution in [2.45, 2.75) is 25.1 Å². The zero-order valence-electron chi connectivity index (χ0n) is 10.1. The zero-order valence-corrected chi connectivity index (χ0v) is 10.1. The Morgan fingerprint density at radius 3 is 2.33 bits per heavy atom. The van der Waals surface area contributed by atoms with Crippen LogP contribution in [0.5, 0.6) is 0 Å². The van der Waals surface area contributed by atoms with Gasteiger partial charge in [0.15, 0.2) is 0 Å². The molecule has 1 atom stereocenters. The number of alkyl halides is 3. The maximum Gasteiger partial charge on any atom is 0.419 e. The lowest BCUT2D eigenvalue weighted by molar-refractivity contribution is -0.140. The van der Waals surface area contributed by atoms with E-state index in [4.69, 9.17) is 0 Å². The first-order chi connectivity index (χ1) is 8.18. The van der Waals surface area contributed by atoms with Gasteiger partial charge in [0.05, 0.1) is 11.2 Å². The minimum Gasteiger partial charge on any atom is -0.385 e. The fourth-order valence-corrected chi connectivity index (χ4v) is 1.59. The molecule has 0 aliphatic heterocycles. The van der Waals surface area contributed by atoms with Gasteiger partial charge >= 0.3 is 6.18 Å². The van der Waals surface area contributed by atoms with Crippen LogP contribution in [0.1, 0.15) is 24.5 Å². The summed E-state index contributed by atoms with van der Waals surface area (Å²) in [5, 5.41) is 12.9. The number of benzene rings is 1. The van der Waals surface area contributed by atoms with Crippen molar-refractivity contribution in [2.24, 2.45) is 0 Å². The molecule has 0 heterocycles. The molecule has 1 rings (SSSR count). The molecule has 6 heteroatoms. The van der Waals surface area contributed by atoms with Gasteiger partial charge in [-0.05, 0) is 44.6 Å². The Hall–Kier alpha value is -1.14. The molecule has 0 aliphatic rings. The first kappa shape index (κ1) is 14.9. The van der Waals surface area contributed by atoms with Crippen LogP contribution in [-0.4, -0.2) is 18.7 Å². The monoisotopic (exact) mass is 265 g/mol. The van der Waals surface area contributed by atoms with Gasteiger partial charge in [-0.1, -0.05) is 6.07 Å². The minimum absolute atomic E-state index is 0.128. The minimum atomic E-state index is -4.72. The smallest absolute Gasteiger partial charge is 0.385 e. The van der Waals surface area contributed by atoms with Gasteiger partial charge in [-0.3, -0.25) is 0 Å². The second kappa shape index (κ2) is 5.24. The number of hydrogen-bond donors (Lipinski definition) is 2. The van der Waals surface area contributed by atoms with Crippen molar-refractivity contribution in [2.75, 3.05) is 13.6 Å². The van der Waals surface area contributed by atoms with Gasteiger partial charge in [0.2, 0.25) is 0 Å². The normalized spacial score (nSPS) is 15.5. The van der Waals surface area contributed by atoms with Gasteiger partial charge in [-0.2, -0.15) is 13.2 Å². The van der Waals surface area contributed by atoms with Crippen LogP contribution in [-0.2, 0) is 11.8 Å². The molecule has 0 saturated heterocycles. The number of rotatable bonds is 4. The van der Waals surface area contributed by atoms with Crippen molar-refractivity contribution >= 4 is 0 Å². The van der Waals surface area contributed by atoms with Gasteiger partial charge in [-0.25, -0.2) is 4.39 Å². The Morgan fingerprint density at radius 2 is 1.89 bits per heavy atom. The molecule has 0 aromatic heterocycles. The van der Waals surface area contributed by atoms with Crippen LogP contribution in [0.3, 0.4) is 0 Å². The Balaban J connectivity index is 3.04. The summed E-state index contributed by atoms with van der Waals surface area (Å²) < 4.78 is 50.5. The van der Waals surface area contributed by atoms with Gasteiger partial charge in [0.1, 0.15) is 5.82 Å². The van der Waals surface area contributed by atoms with E-state index in [-0.39, 0.29) is 12.0 Å². The van der Waals surface area contributed by atoms with E-state index < -0.39 is 23.2 Å². The number of aliphatic hydroxyl groups is 1. The summed E-state index contributed by atoms with van der Waals surface area (Å²) in [6.07, 6.45) is -4.45. The maximum atomic E-state index is 13.4. The van der Waals surface area contributed by atoms with E-state index in [1.165, 1.54) is 6.92 Å². The van der Waals surface area contributed by atoms with E-state index >= 15 is 0 Å². The lowest BCUT2D eigenvalue weighted by Gasteiger charge is -2.24. The van der Waals surface area contributed by atoms with Crippen LogP contribution >= 0.6 is 0 Å². The molecule has 0 saturated carbocycles. The summed E-state index contributed by atoms with van der Waals surface area (Å²) in [5.41, 5.74) is -2.56. The average molecular weight is 265 g/mol. The van der Waals surface area contributed by atoms with Crippen LogP contribution in [0, 0.1) is 5.82 Å². The van der Waals surface area contributed by atoms with Crippen molar-refractivity contribution in [3.8, 4) is 0 Å². The third kappa shape index (κ3) is 3.43. The summed E-state index contributed by atoms with van der Waals surface area (Å²) in [4.78, 5) is 0. The maximum absolute atomic E-state index is 13.4. The largest absolute Gasteiger partial charge is 0.419 e. The molecule has 0 amide bonds. The van der Waals surface area contributed by atoms with Crippen molar-refractivity contribution in [3.05, 3.63) is 35.1 Å². The molecule has 102 valence electrons. The predicted octanol–water partition coefficient (Wildman–Crippen LogP) is 2.66. The fraction of sp³-hybridized carbons (Fsp3) is 0.500. The van der Waals surface area contributed by atoms with Crippen LogP contribution in [0.2, 0.25) is 0 Å². The van der Waals surface area contributed by atoms with Gasteiger partial charge in [0, 0.05) is 0 Å². The number of hydrogen-bond acceptors (Lipinski definition) is 2. The third-order valence-electron chi connectivity index (χ3n) is 2.76. The Kier molecular flexibility index (Phi) is 4.34. The standard InChI is InChI=1S/C12H15F4NO/c1-11(18,5-6-17-2)8-3-4-9(10(13)7-8)12(14,15)16/h3-4,7,17-18H,5-6H2,1-2H3. The topological polar surface area (TPSA) is 32.3 Å². The van der Waals surface area contributed by atoms with Gasteiger partial charge in [0.25, 0.3) is 0 Å². The van der Waals surface area contributed by atoms with E-state index in [0.29, 0.717) is 12.6 Å². The van der Waals surface area contributed by atoms with E-state index in [9.17, 15) is 22.7 Å². The van der Waals surface area contributed by atoms with Gasteiger partial charge in [-0.15, -0.1) is 0 Å². The quantitative estimate of drug-likeness (QED) is 0.820. The molecule has 1 aromatic rings. The third-order valence-corrected chi connectivity index (χ3v) is 2.76. The second-order valence-electron chi connectivity index (χ2n) is 4.32. The van der Waals surface area contributed by atoms with E-state index in [1.54, 1.807) is 7.05 Å². The molecular weight excluding hydrogens is 250 g/mol. The van der Waals surface area contributed by atoms with E-state index in [1.807, 2.05) is 0 Å². The van der Waals surface area contributed by atoms with Crippen LogP contribution in [0.4, 0.5) is 17.6 Å². The Bertz CT molecular complexity index is 415. The highest BCUT2D eigenvalue weighted by Gasteiger charge is 2.35. The molecule has 0 radical (unpaired) electrons.